The Labute approximate surface area is 152 Å². The van der Waals surface area contributed by atoms with Crippen LogP contribution in [-0.4, -0.2) is 84.0 Å². The van der Waals surface area contributed by atoms with Gasteiger partial charge in [0.25, 0.3) is 5.91 Å². The molecule has 0 bridgehead atoms. The molecule has 4 heterocycles. The molecule has 0 radical (unpaired) electrons. The number of carbonyl (C=O) groups is 2. The van der Waals surface area contributed by atoms with E-state index in [1.807, 2.05) is 11.5 Å². The maximum Gasteiger partial charge on any atom is 0.402 e. The Hall–Kier alpha value is -2.26. The lowest BCUT2D eigenvalue weighted by atomic mass is 10.1. The van der Waals surface area contributed by atoms with Gasteiger partial charge in [-0.1, -0.05) is 4.99 Å². The second-order valence-electron chi connectivity index (χ2n) is 7.06. The zero-order valence-electron chi connectivity index (χ0n) is 15.7. The Morgan fingerprint density at radius 1 is 1.15 bits per heavy atom. The molecule has 0 aromatic carbocycles. The van der Waals surface area contributed by atoms with E-state index in [-0.39, 0.29) is 11.9 Å². The number of imide groups is 1. The van der Waals surface area contributed by atoms with Gasteiger partial charge in [-0.05, 0) is 13.8 Å². The van der Waals surface area contributed by atoms with E-state index in [1.54, 1.807) is 7.05 Å². The number of nitrogens with zero attached hydrogens (tertiary/aromatic N) is 6. The van der Waals surface area contributed by atoms with E-state index < -0.39 is 6.04 Å². The van der Waals surface area contributed by atoms with Crippen molar-refractivity contribution in [1.82, 2.24) is 19.3 Å². The predicted octanol–water partition coefficient (Wildman–Crippen LogP) is -0.167. The first-order chi connectivity index (χ1) is 12.4. The molecule has 0 aliphatic carbocycles. The Bertz CT molecular complexity index is 808. The van der Waals surface area contributed by atoms with Gasteiger partial charge in [0.15, 0.2) is 0 Å². The van der Waals surface area contributed by atoms with Crippen LogP contribution in [0.4, 0.5) is 10.7 Å². The second-order valence-corrected chi connectivity index (χ2v) is 7.06. The molecule has 2 fully saturated rings. The number of aliphatic imine (C=N–C) groups is 1. The quantitative estimate of drug-likeness (QED) is 0.701. The van der Waals surface area contributed by atoms with E-state index in [4.69, 9.17) is 9.73 Å². The third-order valence-electron chi connectivity index (χ3n) is 5.69. The minimum absolute atomic E-state index is 0.232. The number of likely N-dealkylation sites (N-methyl/N-ethyl adjacent to an activating group) is 2. The summed E-state index contributed by atoms with van der Waals surface area (Å²) in [6, 6.07) is -0.897. The van der Waals surface area contributed by atoms with Gasteiger partial charge in [-0.25, -0.2) is 13.9 Å². The summed E-state index contributed by atoms with van der Waals surface area (Å²) in [7, 11) is 3.19. The topological polar surface area (TPSA) is 74.3 Å². The summed E-state index contributed by atoms with van der Waals surface area (Å²) in [6.45, 7) is 9.18. The predicted molar refractivity (Wildman–Crippen MR) is 93.4 cm³/mol. The van der Waals surface area contributed by atoms with Crippen LogP contribution in [0.2, 0.25) is 0 Å². The van der Waals surface area contributed by atoms with Crippen molar-refractivity contribution in [3.05, 3.63) is 11.4 Å². The fourth-order valence-electron chi connectivity index (χ4n) is 3.92. The molecule has 0 spiro atoms. The summed E-state index contributed by atoms with van der Waals surface area (Å²) in [4.78, 5) is 34.7. The van der Waals surface area contributed by atoms with E-state index in [2.05, 4.69) is 16.4 Å². The van der Waals surface area contributed by atoms with Crippen molar-refractivity contribution in [3.8, 4) is 0 Å². The third-order valence-corrected chi connectivity index (χ3v) is 5.69. The van der Waals surface area contributed by atoms with Crippen molar-refractivity contribution in [1.29, 1.82) is 0 Å². The lowest BCUT2D eigenvalue weighted by Gasteiger charge is -2.30. The van der Waals surface area contributed by atoms with Crippen LogP contribution in [-0.2, 0) is 16.1 Å². The van der Waals surface area contributed by atoms with Crippen LogP contribution >= 0.6 is 0 Å². The number of urea groups is 1. The number of amides is 3. The normalized spacial score (nSPS) is 23.4. The molecule has 140 valence electrons. The first-order valence-electron chi connectivity index (χ1n) is 8.97. The molecule has 2 saturated heterocycles. The zero-order valence-corrected chi connectivity index (χ0v) is 15.7. The van der Waals surface area contributed by atoms with Crippen molar-refractivity contribution in [2.24, 2.45) is 4.99 Å². The molecular weight excluding hydrogens is 336 g/mol. The molecule has 1 atom stereocenters. The number of aromatic nitrogens is 2. The highest BCUT2D eigenvalue weighted by Gasteiger charge is 2.53. The number of hydrogen-bond donors (Lipinski definition) is 0. The first-order valence-corrected chi connectivity index (χ1v) is 8.97. The molecular formula is C17H25N6O3+. The minimum Gasteiger partial charge on any atom is -0.379 e. The van der Waals surface area contributed by atoms with Gasteiger partial charge in [-0.15, -0.1) is 0 Å². The van der Waals surface area contributed by atoms with Gasteiger partial charge in [-0.2, -0.15) is 0 Å². The van der Waals surface area contributed by atoms with Crippen LogP contribution < -0.4 is 4.57 Å². The van der Waals surface area contributed by atoms with E-state index in [9.17, 15) is 9.59 Å². The Kier molecular flexibility index (Phi) is 4.07. The fraction of sp³-hybridized carbons (Fsp3) is 0.647. The molecule has 3 aliphatic rings. The van der Waals surface area contributed by atoms with E-state index in [1.165, 1.54) is 16.8 Å². The second kappa shape index (κ2) is 6.17. The van der Waals surface area contributed by atoms with Crippen LogP contribution in [0.25, 0.3) is 0 Å². The van der Waals surface area contributed by atoms with Gasteiger partial charge < -0.3 is 4.74 Å². The summed E-state index contributed by atoms with van der Waals surface area (Å²) >= 11 is 0. The van der Waals surface area contributed by atoms with Gasteiger partial charge in [-0.3, -0.25) is 19.5 Å². The van der Waals surface area contributed by atoms with Gasteiger partial charge >= 0.3 is 12.0 Å². The Morgan fingerprint density at radius 3 is 2.54 bits per heavy atom. The number of rotatable bonds is 3. The number of amidine groups is 1. The molecule has 3 aliphatic heterocycles. The van der Waals surface area contributed by atoms with E-state index in [0.29, 0.717) is 5.84 Å². The van der Waals surface area contributed by atoms with Crippen LogP contribution in [0.5, 0.6) is 0 Å². The number of carbonyl (C=O) groups excluding carboxylic acids is 2. The maximum atomic E-state index is 12.7. The highest BCUT2D eigenvalue weighted by molar-refractivity contribution is 6.20. The monoisotopic (exact) mass is 361 g/mol. The highest BCUT2D eigenvalue weighted by atomic mass is 16.5. The lowest BCUT2D eigenvalue weighted by molar-refractivity contribution is -0.688. The molecule has 9 heteroatoms. The number of fused-ring (bicyclic) bond motifs is 3. The van der Waals surface area contributed by atoms with E-state index >= 15 is 0 Å². The summed E-state index contributed by atoms with van der Waals surface area (Å²) in [6.07, 6.45) is 0. The summed E-state index contributed by atoms with van der Waals surface area (Å²) in [5.41, 5.74) is 2.11. The largest absolute Gasteiger partial charge is 0.402 e. The number of hydrogen-bond acceptors (Lipinski definition) is 5. The van der Waals surface area contributed by atoms with Gasteiger partial charge in [0, 0.05) is 33.7 Å². The molecule has 9 nitrogen and oxygen atoms in total. The molecule has 1 aromatic heterocycles. The molecule has 1 aromatic rings. The summed E-state index contributed by atoms with van der Waals surface area (Å²) in [5.74, 6) is 1.02. The third kappa shape index (κ3) is 2.38. The number of ether oxygens (including phenoxy) is 1. The van der Waals surface area contributed by atoms with Crippen LogP contribution in [0.15, 0.2) is 4.99 Å². The van der Waals surface area contributed by atoms with Crippen molar-refractivity contribution in [3.63, 3.8) is 0 Å². The molecule has 3 amide bonds. The molecule has 4 rings (SSSR count). The van der Waals surface area contributed by atoms with Crippen molar-refractivity contribution < 1.29 is 18.9 Å². The molecule has 1 unspecified atom stereocenters. The average Bonchev–Trinajstić information content (AvgIpc) is 3.14. The van der Waals surface area contributed by atoms with Gasteiger partial charge in [0.2, 0.25) is 11.9 Å². The van der Waals surface area contributed by atoms with Gasteiger partial charge in [0.05, 0.1) is 19.8 Å². The number of morpholine rings is 1. The molecule has 0 N–H and O–H groups in total. The fourth-order valence-corrected chi connectivity index (χ4v) is 3.92. The zero-order chi connectivity index (χ0) is 18.6. The average molecular weight is 361 g/mol. The van der Waals surface area contributed by atoms with Crippen molar-refractivity contribution in [2.75, 3.05) is 46.9 Å². The van der Waals surface area contributed by atoms with Crippen molar-refractivity contribution >= 4 is 23.7 Å². The lowest BCUT2D eigenvalue weighted by Crippen LogP contribution is -2.56. The van der Waals surface area contributed by atoms with Crippen molar-refractivity contribution in [2.45, 2.75) is 26.4 Å². The molecule has 26 heavy (non-hydrogen) atoms. The van der Waals surface area contributed by atoms with Gasteiger partial charge in [0.1, 0.15) is 11.4 Å². The van der Waals surface area contributed by atoms with E-state index in [0.717, 1.165) is 56.7 Å². The first kappa shape index (κ1) is 17.2. The maximum absolute atomic E-state index is 12.7. The van der Waals surface area contributed by atoms with Crippen LogP contribution in [0.1, 0.15) is 17.4 Å². The standard InChI is InChI=1S/C17H25N6O3/c1-11-12(2)23-13-14(19(3)17(25)20(4)15(13)24)18-16(23)22(11)6-5-21-7-9-26-10-8-21/h13H,5-10H2,1-4H3/q+1. The smallest absolute Gasteiger partial charge is 0.379 e. The minimum atomic E-state index is -0.555. The van der Waals surface area contributed by atoms with Crippen LogP contribution in [0.3, 0.4) is 0 Å². The van der Waals surface area contributed by atoms with Crippen LogP contribution in [0, 0.1) is 13.8 Å². The summed E-state index contributed by atoms with van der Waals surface area (Å²) in [5, 5.41) is 0. The molecule has 0 saturated carbocycles. The highest BCUT2D eigenvalue weighted by Crippen LogP contribution is 2.34. The Balaban J connectivity index is 1.68. The number of imidazole rings is 1. The summed E-state index contributed by atoms with van der Waals surface area (Å²) < 4.78 is 9.53. The SMILES string of the molecule is Cc1c(C)[n+](CCN2CCOCC2)c2n1C1C(=O)N(C)C(=O)N(C)C1=N2. The Morgan fingerprint density at radius 2 is 1.85 bits per heavy atom.